The highest BCUT2D eigenvalue weighted by atomic mass is 35.5. The Bertz CT molecular complexity index is 1520. The number of sulfonamides is 1. The molecule has 4 rings (SSSR count). The van der Waals surface area contributed by atoms with Crippen LogP contribution in [0.3, 0.4) is 0 Å². The van der Waals surface area contributed by atoms with Crippen molar-refractivity contribution >= 4 is 38.9 Å². The highest BCUT2D eigenvalue weighted by molar-refractivity contribution is 7.92. The van der Waals surface area contributed by atoms with E-state index in [0.717, 1.165) is 21.0 Å². The number of hydrogen-bond acceptors (Lipinski definition) is 4. The van der Waals surface area contributed by atoms with Gasteiger partial charge in [-0.2, -0.15) is 0 Å². The maximum Gasteiger partial charge on any atom is 0.264 e. The Hall–Kier alpha value is -3.81. The molecule has 0 aliphatic rings. The molecule has 0 aromatic heterocycles. The van der Waals surface area contributed by atoms with Crippen molar-refractivity contribution in [2.75, 3.05) is 16.2 Å². The van der Waals surface area contributed by atoms with Gasteiger partial charge in [-0.25, -0.2) is 8.42 Å². The molecule has 0 aliphatic carbocycles. The van der Waals surface area contributed by atoms with Crippen LogP contribution in [-0.4, -0.2) is 20.9 Å². The first-order valence-corrected chi connectivity index (χ1v) is 13.4. The van der Waals surface area contributed by atoms with E-state index in [9.17, 15) is 13.2 Å². The number of nitrogens with zero attached hydrogens (tertiary/aromatic N) is 1. The van der Waals surface area contributed by atoms with Gasteiger partial charge in [0.05, 0.1) is 16.3 Å². The number of amides is 1. The summed E-state index contributed by atoms with van der Waals surface area (Å²) in [6, 6.07) is 25.9. The standard InChI is InChI=1S/C29H27ClN2O4S/c1-20-12-15-25(16-13-20)37(34,35)32(27-11-7-8-21(2)22(27)3)19-29(33)31-26-18-23(30)14-17-28(26)36-24-9-5-4-6-10-24/h4-18H,19H2,1-3H3,(H,31,33). The molecule has 8 heteroatoms. The number of ether oxygens (including phenoxy) is 1. The quantitative estimate of drug-likeness (QED) is 0.267. The summed E-state index contributed by atoms with van der Waals surface area (Å²) in [6.07, 6.45) is 0. The molecule has 0 saturated heterocycles. The predicted molar refractivity (Wildman–Crippen MR) is 148 cm³/mol. The van der Waals surface area contributed by atoms with E-state index >= 15 is 0 Å². The Morgan fingerprint density at radius 3 is 2.30 bits per heavy atom. The minimum absolute atomic E-state index is 0.0997. The third-order valence-electron chi connectivity index (χ3n) is 5.93. The number of anilines is 2. The summed E-state index contributed by atoms with van der Waals surface area (Å²) in [5, 5.41) is 3.18. The van der Waals surface area contributed by atoms with E-state index in [1.807, 2.05) is 45.0 Å². The normalized spacial score (nSPS) is 11.1. The van der Waals surface area contributed by atoms with Crippen LogP contribution in [-0.2, 0) is 14.8 Å². The Balaban J connectivity index is 1.68. The van der Waals surface area contributed by atoms with Gasteiger partial charge in [0.25, 0.3) is 10.0 Å². The molecule has 1 N–H and O–H groups in total. The molecule has 37 heavy (non-hydrogen) atoms. The SMILES string of the molecule is Cc1ccc(S(=O)(=O)N(CC(=O)Nc2cc(Cl)ccc2Oc2ccccc2)c2cccc(C)c2C)cc1. The van der Waals surface area contributed by atoms with Crippen LogP contribution in [0.4, 0.5) is 11.4 Å². The summed E-state index contributed by atoms with van der Waals surface area (Å²) in [5.74, 6) is 0.416. The molecule has 0 atom stereocenters. The summed E-state index contributed by atoms with van der Waals surface area (Å²) >= 11 is 6.20. The van der Waals surface area contributed by atoms with Crippen LogP contribution < -0.4 is 14.4 Å². The summed E-state index contributed by atoms with van der Waals surface area (Å²) in [6.45, 7) is 5.17. The van der Waals surface area contributed by atoms with Crippen LogP contribution in [0.1, 0.15) is 16.7 Å². The molecular formula is C29H27ClN2O4S. The number of carbonyl (C=O) groups excluding carboxylic acids is 1. The van der Waals surface area contributed by atoms with Gasteiger partial charge in [0.2, 0.25) is 5.91 Å². The molecule has 0 saturated carbocycles. The number of carbonyl (C=O) groups is 1. The Morgan fingerprint density at radius 1 is 0.892 bits per heavy atom. The molecule has 1 amide bonds. The van der Waals surface area contributed by atoms with E-state index in [1.54, 1.807) is 66.7 Å². The molecule has 190 valence electrons. The number of hydrogen-bond donors (Lipinski definition) is 1. The van der Waals surface area contributed by atoms with Crippen molar-refractivity contribution < 1.29 is 17.9 Å². The summed E-state index contributed by atoms with van der Waals surface area (Å²) < 4.78 is 34.6. The van der Waals surface area contributed by atoms with Crippen LogP contribution in [0.5, 0.6) is 11.5 Å². The number of halogens is 1. The molecule has 0 fully saturated rings. The molecular weight excluding hydrogens is 508 g/mol. The molecule has 4 aromatic rings. The Morgan fingerprint density at radius 2 is 1.59 bits per heavy atom. The lowest BCUT2D eigenvalue weighted by molar-refractivity contribution is -0.114. The third kappa shape index (κ3) is 6.13. The zero-order valence-corrected chi connectivity index (χ0v) is 22.3. The van der Waals surface area contributed by atoms with Gasteiger partial charge in [0.15, 0.2) is 5.75 Å². The molecule has 0 unspecified atom stereocenters. The lowest BCUT2D eigenvalue weighted by Gasteiger charge is -2.26. The highest BCUT2D eigenvalue weighted by Gasteiger charge is 2.29. The average Bonchev–Trinajstić information content (AvgIpc) is 2.87. The first kappa shape index (κ1) is 26.3. The van der Waals surface area contributed by atoms with Gasteiger partial charge < -0.3 is 10.1 Å². The lowest BCUT2D eigenvalue weighted by Crippen LogP contribution is -2.38. The van der Waals surface area contributed by atoms with Crippen molar-refractivity contribution in [1.29, 1.82) is 0 Å². The van der Waals surface area contributed by atoms with E-state index in [-0.39, 0.29) is 4.90 Å². The summed E-state index contributed by atoms with van der Waals surface area (Å²) in [5.41, 5.74) is 3.37. The molecule has 0 spiro atoms. The van der Waals surface area contributed by atoms with Crippen LogP contribution in [0.15, 0.2) is 95.9 Å². The topological polar surface area (TPSA) is 75.7 Å². The third-order valence-corrected chi connectivity index (χ3v) is 7.94. The van der Waals surface area contributed by atoms with Gasteiger partial charge in [-0.05, 0) is 80.4 Å². The fraction of sp³-hybridized carbons (Fsp3) is 0.138. The Kier molecular flexibility index (Phi) is 7.86. The van der Waals surface area contributed by atoms with E-state index in [4.69, 9.17) is 16.3 Å². The van der Waals surface area contributed by atoms with Gasteiger partial charge in [0.1, 0.15) is 12.3 Å². The maximum absolute atomic E-state index is 13.8. The smallest absolute Gasteiger partial charge is 0.264 e. The average molecular weight is 535 g/mol. The van der Waals surface area contributed by atoms with Crippen molar-refractivity contribution in [1.82, 2.24) is 0 Å². The molecule has 0 bridgehead atoms. The van der Waals surface area contributed by atoms with Crippen LogP contribution >= 0.6 is 11.6 Å². The van der Waals surface area contributed by atoms with Gasteiger partial charge in [-0.1, -0.05) is 59.6 Å². The Labute approximate surface area is 222 Å². The zero-order valence-electron chi connectivity index (χ0n) is 20.7. The van der Waals surface area contributed by atoms with E-state index in [1.165, 1.54) is 0 Å². The van der Waals surface area contributed by atoms with E-state index < -0.39 is 22.5 Å². The first-order valence-electron chi connectivity index (χ1n) is 11.6. The number of benzene rings is 4. The number of rotatable bonds is 8. The van der Waals surface area contributed by atoms with Crippen LogP contribution in [0.2, 0.25) is 5.02 Å². The molecule has 0 aliphatic heterocycles. The molecule has 4 aromatic carbocycles. The molecule has 6 nitrogen and oxygen atoms in total. The molecule has 0 radical (unpaired) electrons. The van der Waals surface area contributed by atoms with Gasteiger partial charge in [0, 0.05) is 5.02 Å². The minimum atomic E-state index is -4.05. The number of para-hydroxylation sites is 1. The summed E-state index contributed by atoms with van der Waals surface area (Å²) in [7, 11) is -4.05. The van der Waals surface area contributed by atoms with Crippen molar-refractivity contribution in [3.05, 3.63) is 113 Å². The van der Waals surface area contributed by atoms with Crippen molar-refractivity contribution in [2.24, 2.45) is 0 Å². The van der Waals surface area contributed by atoms with Gasteiger partial charge >= 0.3 is 0 Å². The maximum atomic E-state index is 13.8. The zero-order chi connectivity index (χ0) is 26.6. The molecule has 0 heterocycles. The fourth-order valence-electron chi connectivity index (χ4n) is 3.77. The monoisotopic (exact) mass is 534 g/mol. The number of nitrogens with one attached hydrogen (secondary N) is 1. The van der Waals surface area contributed by atoms with Crippen molar-refractivity contribution in [3.63, 3.8) is 0 Å². The highest BCUT2D eigenvalue weighted by Crippen LogP contribution is 2.33. The minimum Gasteiger partial charge on any atom is -0.455 e. The van der Waals surface area contributed by atoms with E-state index in [2.05, 4.69) is 5.32 Å². The van der Waals surface area contributed by atoms with Crippen LogP contribution in [0.25, 0.3) is 0 Å². The van der Waals surface area contributed by atoms with Gasteiger partial charge in [-0.15, -0.1) is 0 Å². The fourth-order valence-corrected chi connectivity index (χ4v) is 5.42. The largest absolute Gasteiger partial charge is 0.455 e. The van der Waals surface area contributed by atoms with Crippen LogP contribution in [0, 0.1) is 20.8 Å². The number of aryl methyl sites for hydroxylation is 2. The second-order valence-corrected chi connectivity index (χ2v) is 10.9. The van der Waals surface area contributed by atoms with Crippen molar-refractivity contribution in [3.8, 4) is 11.5 Å². The first-order chi connectivity index (χ1) is 17.6. The lowest BCUT2D eigenvalue weighted by atomic mass is 10.1. The second kappa shape index (κ2) is 11.1. The van der Waals surface area contributed by atoms with Crippen molar-refractivity contribution in [2.45, 2.75) is 25.7 Å². The van der Waals surface area contributed by atoms with Gasteiger partial charge in [-0.3, -0.25) is 9.10 Å². The summed E-state index contributed by atoms with van der Waals surface area (Å²) in [4.78, 5) is 13.4. The second-order valence-electron chi connectivity index (χ2n) is 8.65. The van der Waals surface area contributed by atoms with E-state index in [0.29, 0.717) is 27.9 Å². The predicted octanol–water partition coefficient (Wildman–Crippen LogP) is 6.89.